The Hall–Kier alpha value is -2.47. The van der Waals surface area contributed by atoms with E-state index in [-0.39, 0.29) is 22.9 Å². The van der Waals surface area contributed by atoms with Crippen molar-refractivity contribution >= 4 is 23.4 Å². The molecule has 0 aliphatic heterocycles. The fraction of sp³-hybridized carbons (Fsp3) is 0.400. The highest BCUT2D eigenvalue weighted by Crippen LogP contribution is 2.48. The minimum atomic E-state index is -0.297. The van der Waals surface area contributed by atoms with Crippen LogP contribution in [0.5, 0.6) is 0 Å². The summed E-state index contributed by atoms with van der Waals surface area (Å²) < 4.78 is 0. The van der Waals surface area contributed by atoms with E-state index >= 15 is 0 Å². The highest BCUT2D eigenvalue weighted by molar-refractivity contribution is 6.30. The van der Waals surface area contributed by atoms with Crippen molar-refractivity contribution < 1.29 is 9.59 Å². The Balaban J connectivity index is 1.48. The van der Waals surface area contributed by atoms with Gasteiger partial charge in [0.05, 0.1) is 6.20 Å². The second-order valence-corrected chi connectivity index (χ2v) is 8.04. The number of nitrogens with one attached hydrogen (secondary N) is 2. The molecule has 140 valence electrons. The molecule has 7 heteroatoms. The van der Waals surface area contributed by atoms with Crippen molar-refractivity contribution in [2.75, 3.05) is 0 Å². The van der Waals surface area contributed by atoms with E-state index in [1.54, 1.807) is 30.5 Å². The summed E-state index contributed by atoms with van der Waals surface area (Å²) >= 11 is 6.01. The van der Waals surface area contributed by atoms with Gasteiger partial charge in [0.25, 0.3) is 11.8 Å². The van der Waals surface area contributed by atoms with Gasteiger partial charge in [0.15, 0.2) is 0 Å². The number of rotatable bonds is 4. The molecule has 2 N–H and O–H groups in total. The summed E-state index contributed by atoms with van der Waals surface area (Å²) in [4.78, 5) is 33.3. The SMILES string of the molecule is O=C(NC12CCCC(NC(=O)c3cnccn3)(CC1)C2)c1cccc(Cl)c1. The highest BCUT2D eigenvalue weighted by Gasteiger charge is 2.52. The zero-order valence-electron chi connectivity index (χ0n) is 14.9. The van der Waals surface area contributed by atoms with E-state index in [4.69, 9.17) is 11.6 Å². The van der Waals surface area contributed by atoms with Crippen molar-refractivity contribution in [2.24, 2.45) is 0 Å². The Kier molecular flexibility index (Phi) is 4.60. The monoisotopic (exact) mass is 384 g/mol. The van der Waals surface area contributed by atoms with Crippen molar-refractivity contribution in [2.45, 2.75) is 49.6 Å². The first-order valence-electron chi connectivity index (χ1n) is 9.16. The summed E-state index contributed by atoms with van der Waals surface area (Å²) in [6, 6.07) is 6.96. The van der Waals surface area contributed by atoms with Crippen LogP contribution in [0.4, 0.5) is 0 Å². The number of carbonyl (C=O) groups is 2. The third-order valence-electron chi connectivity index (χ3n) is 5.71. The fourth-order valence-electron chi connectivity index (χ4n) is 4.50. The molecule has 2 aliphatic carbocycles. The molecule has 1 aromatic heterocycles. The maximum absolute atomic E-state index is 12.7. The normalized spacial score (nSPS) is 26.4. The molecular formula is C20H21ClN4O2. The Morgan fingerprint density at radius 3 is 2.41 bits per heavy atom. The topological polar surface area (TPSA) is 84.0 Å². The van der Waals surface area contributed by atoms with Gasteiger partial charge in [-0.1, -0.05) is 17.7 Å². The molecule has 6 nitrogen and oxygen atoms in total. The number of fused-ring (bicyclic) bond motifs is 2. The van der Waals surface area contributed by atoms with Crippen molar-refractivity contribution in [1.82, 2.24) is 20.6 Å². The van der Waals surface area contributed by atoms with Gasteiger partial charge < -0.3 is 10.6 Å². The van der Waals surface area contributed by atoms with Crippen LogP contribution in [0, 0.1) is 0 Å². The molecule has 2 aromatic rings. The lowest BCUT2D eigenvalue weighted by Crippen LogP contribution is -2.55. The maximum Gasteiger partial charge on any atom is 0.271 e. The number of nitrogens with zero attached hydrogens (tertiary/aromatic N) is 2. The summed E-state index contributed by atoms with van der Waals surface area (Å²) in [5, 5.41) is 6.94. The highest BCUT2D eigenvalue weighted by atomic mass is 35.5. The number of halogens is 1. The largest absolute Gasteiger partial charge is 0.347 e. The Labute approximate surface area is 162 Å². The lowest BCUT2D eigenvalue weighted by Gasteiger charge is -2.40. The van der Waals surface area contributed by atoms with Crippen LogP contribution >= 0.6 is 11.6 Å². The molecule has 27 heavy (non-hydrogen) atoms. The van der Waals surface area contributed by atoms with Gasteiger partial charge in [-0.2, -0.15) is 0 Å². The van der Waals surface area contributed by atoms with E-state index in [1.807, 2.05) is 0 Å². The number of hydrogen-bond acceptors (Lipinski definition) is 4. The minimum absolute atomic E-state index is 0.115. The van der Waals surface area contributed by atoms with Crippen LogP contribution in [0.3, 0.4) is 0 Å². The third-order valence-corrected chi connectivity index (χ3v) is 5.94. The first-order chi connectivity index (χ1) is 13.0. The molecule has 4 rings (SSSR count). The quantitative estimate of drug-likeness (QED) is 0.848. The number of hydrogen-bond donors (Lipinski definition) is 2. The van der Waals surface area contributed by atoms with Gasteiger partial charge in [0.1, 0.15) is 5.69 Å². The molecule has 2 aliphatic rings. The zero-order chi connectivity index (χ0) is 18.9. The van der Waals surface area contributed by atoms with Crippen LogP contribution in [0.2, 0.25) is 5.02 Å². The van der Waals surface area contributed by atoms with Crippen molar-refractivity contribution in [1.29, 1.82) is 0 Å². The summed E-state index contributed by atoms with van der Waals surface area (Å²) in [7, 11) is 0. The van der Waals surface area contributed by atoms with Crippen LogP contribution in [0.15, 0.2) is 42.9 Å². The van der Waals surface area contributed by atoms with Crippen molar-refractivity contribution in [3.8, 4) is 0 Å². The third kappa shape index (κ3) is 3.67. The maximum atomic E-state index is 12.7. The summed E-state index contributed by atoms with van der Waals surface area (Å²) in [5.74, 6) is -0.322. The predicted molar refractivity (Wildman–Crippen MR) is 102 cm³/mol. The number of benzene rings is 1. The van der Waals surface area contributed by atoms with E-state index in [0.29, 0.717) is 16.3 Å². The van der Waals surface area contributed by atoms with Crippen LogP contribution in [0.25, 0.3) is 0 Å². The van der Waals surface area contributed by atoms with Gasteiger partial charge in [-0.15, -0.1) is 0 Å². The zero-order valence-corrected chi connectivity index (χ0v) is 15.6. The first-order valence-corrected chi connectivity index (χ1v) is 9.54. The van der Waals surface area contributed by atoms with Gasteiger partial charge in [0, 0.05) is 34.1 Å². The van der Waals surface area contributed by atoms with Gasteiger partial charge in [-0.25, -0.2) is 4.98 Å². The predicted octanol–water partition coefficient (Wildman–Crippen LogP) is 3.14. The van der Waals surface area contributed by atoms with Crippen LogP contribution in [-0.2, 0) is 0 Å². The molecule has 2 fully saturated rings. The summed E-state index contributed by atoms with van der Waals surface area (Å²) in [5.41, 5.74) is 0.295. The number of aromatic nitrogens is 2. The van der Waals surface area contributed by atoms with Crippen LogP contribution < -0.4 is 10.6 Å². The average Bonchev–Trinajstić information content (AvgIpc) is 2.92. The molecule has 2 bridgehead atoms. The van der Waals surface area contributed by atoms with Gasteiger partial charge in [-0.05, 0) is 56.7 Å². The van der Waals surface area contributed by atoms with E-state index in [2.05, 4.69) is 20.6 Å². The second kappa shape index (κ2) is 6.93. The molecule has 0 radical (unpaired) electrons. The lowest BCUT2D eigenvalue weighted by molar-refractivity contribution is 0.0829. The molecule has 1 heterocycles. The molecule has 2 saturated carbocycles. The van der Waals surface area contributed by atoms with Gasteiger partial charge in [0.2, 0.25) is 0 Å². The molecular weight excluding hydrogens is 364 g/mol. The van der Waals surface area contributed by atoms with Gasteiger partial charge in [-0.3, -0.25) is 14.6 Å². The molecule has 0 saturated heterocycles. The molecule has 2 atom stereocenters. The standard InChI is InChI=1S/C20H21ClN4O2/c21-15-4-1-3-14(11-15)17(26)24-19-5-2-6-20(13-19,8-7-19)25-18(27)16-12-22-9-10-23-16/h1,3-4,9-12H,2,5-8,13H2,(H,24,26)(H,25,27). The lowest BCUT2D eigenvalue weighted by atomic mass is 9.78. The Morgan fingerprint density at radius 2 is 1.74 bits per heavy atom. The molecule has 2 amide bonds. The molecule has 2 unspecified atom stereocenters. The Bertz CT molecular complexity index is 875. The summed E-state index contributed by atoms with van der Waals surface area (Å²) in [6.07, 6.45) is 9.73. The first kappa shape index (κ1) is 17.9. The summed E-state index contributed by atoms with van der Waals surface area (Å²) in [6.45, 7) is 0. The fourth-order valence-corrected chi connectivity index (χ4v) is 4.69. The van der Waals surface area contributed by atoms with Crippen LogP contribution in [0.1, 0.15) is 59.4 Å². The second-order valence-electron chi connectivity index (χ2n) is 7.60. The van der Waals surface area contributed by atoms with E-state index in [9.17, 15) is 9.59 Å². The Morgan fingerprint density at radius 1 is 1.00 bits per heavy atom. The van der Waals surface area contributed by atoms with E-state index in [0.717, 1.165) is 38.5 Å². The van der Waals surface area contributed by atoms with Gasteiger partial charge >= 0.3 is 0 Å². The number of carbonyl (C=O) groups excluding carboxylic acids is 2. The number of amides is 2. The van der Waals surface area contributed by atoms with E-state index in [1.165, 1.54) is 12.4 Å². The van der Waals surface area contributed by atoms with Crippen molar-refractivity contribution in [3.05, 3.63) is 59.1 Å². The van der Waals surface area contributed by atoms with Crippen molar-refractivity contribution in [3.63, 3.8) is 0 Å². The average molecular weight is 385 g/mol. The minimum Gasteiger partial charge on any atom is -0.347 e. The van der Waals surface area contributed by atoms with Crippen LogP contribution in [-0.4, -0.2) is 32.9 Å². The van der Waals surface area contributed by atoms with E-state index < -0.39 is 0 Å². The molecule has 1 aromatic carbocycles. The smallest absolute Gasteiger partial charge is 0.271 e. The molecule has 0 spiro atoms.